The van der Waals surface area contributed by atoms with Crippen LogP contribution in [0.25, 0.3) is 0 Å². The third kappa shape index (κ3) is 3.05. The Morgan fingerprint density at radius 3 is 2.31 bits per heavy atom. The van der Waals surface area contributed by atoms with Crippen molar-refractivity contribution in [2.45, 2.75) is 19.9 Å². The molecule has 0 saturated carbocycles. The van der Waals surface area contributed by atoms with Crippen LogP contribution in [0.2, 0.25) is 0 Å². The number of hydrogen-bond acceptors (Lipinski definition) is 3. The maximum atomic E-state index is 11.7. The Hall–Kier alpha value is -1.91. The Morgan fingerprint density at radius 1 is 1.31 bits per heavy atom. The Morgan fingerprint density at radius 2 is 1.88 bits per heavy atom. The summed E-state index contributed by atoms with van der Waals surface area (Å²) in [7, 11) is 0. The molecular weight excluding hydrogens is 206 g/mol. The number of hydrogen-bond donors (Lipinski definition) is 2. The molecule has 5 nitrogen and oxygen atoms in total. The molecule has 1 heterocycles. The van der Waals surface area contributed by atoms with Crippen LogP contribution in [0.5, 0.6) is 0 Å². The highest BCUT2D eigenvalue weighted by Crippen LogP contribution is 2.03. The smallest absolute Gasteiger partial charge is 0.252 e. The molecule has 1 aromatic rings. The summed E-state index contributed by atoms with van der Waals surface area (Å²) in [5.74, 6) is -0.888. The maximum absolute atomic E-state index is 11.7. The van der Waals surface area contributed by atoms with Gasteiger partial charge in [0.25, 0.3) is 5.91 Å². The van der Waals surface area contributed by atoms with Crippen molar-refractivity contribution >= 4 is 11.8 Å². The Balaban J connectivity index is 2.74. The van der Waals surface area contributed by atoms with E-state index < -0.39 is 11.9 Å². The number of nitrogens with zero attached hydrogens (tertiary/aromatic N) is 1. The second-order valence-electron chi connectivity index (χ2n) is 3.83. The molecule has 0 radical (unpaired) electrons. The molecule has 2 amide bonds. The lowest BCUT2D eigenvalue weighted by Gasteiger charge is -2.18. The molecule has 1 rings (SSSR count). The number of pyridine rings is 1. The fourth-order valence-corrected chi connectivity index (χ4v) is 1.29. The number of nitrogens with one attached hydrogen (secondary N) is 1. The van der Waals surface area contributed by atoms with Crippen LogP contribution in [0, 0.1) is 5.92 Å². The molecule has 0 bridgehead atoms. The molecule has 86 valence electrons. The van der Waals surface area contributed by atoms with E-state index in [1.165, 1.54) is 12.4 Å². The minimum absolute atomic E-state index is 0.0386. The monoisotopic (exact) mass is 221 g/mol. The first kappa shape index (κ1) is 12.2. The average Bonchev–Trinajstić information content (AvgIpc) is 2.25. The van der Waals surface area contributed by atoms with Crippen molar-refractivity contribution in [1.29, 1.82) is 0 Å². The van der Waals surface area contributed by atoms with Crippen LogP contribution in [-0.2, 0) is 4.79 Å². The van der Waals surface area contributed by atoms with Gasteiger partial charge in [-0.05, 0) is 18.1 Å². The van der Waals surface area contributed by atoms with Crippen LogP contribution in [0.3, 0.4) is 0 Å². The van der Waals surface area contributed by atoms with Gasteiger partial charge in [-0.15, -0.1) is 0 Å². The summed E-state index contributed by atoms with van der Waals surface area (Å²) in [6.45, 7) is 3.64. The molecule has 16 heavy (non-hydrogen) atoms. The van der Waals surface area contributed by atoms with Gasteiger partial charge in [-0.25, -0.2) is 0 Å². The van der Waals surface area contributed by atoms with Crippen LogP contribution >= 0.6 is 0 Å². The van der Waals surface area contributed by atoms with Crippen molar-refractivity contribution in [3.8, 4) is 0 Å². The second kappa shape index (κ2) is 5.25. The number of primary amides is 1. The van der Waals surface area contributed by atoms with Crippen molar-refractivity contribution in [2.24, 2.45) is 11.7 Å². The number of carbonyl (C=O) groups is 2. The van der Waals surface area contributed by atoms with Gasteiger partial charge in [0.1, 0.15) is 6.04 Å². The minimum Gasteiger partial charge on any atom is -0.368 e. The van der Waals surface area contributed by atoms with Crippen molar-refractivity contribution in [3.63, 3.8) is 0 Å². The molecule has 0 fully saturated rings. The predicted molar refractivity (Wildman–Crippen MR) is 59.5 cm³/mol. The zero-order valence-electron chi connectivity index (χ0n) is 9.31. The van der Waals surface area contributed by atoms with Gasteiger partial charge in [0, 0.05) is 18.0 Å². The highest BCUT2D eigenvalue weighted by Gasteiger charge is 2.21. The van der Waals surface area contributed by atoms with E-state index in [4.69, 9.17) is 5.73 Å². The van der Waals surface area contributed by atoms with E-state index in [0.717, 1.165) is 0 Å². The normalized spacial score (nSPS) is 12.2. The standard InChI is InChI=1S/C11H15N3O2/c1-7(2)9(10(12)15)14-11(16)8-3-5-13-6-4-8/h3-7,9H,1-2H3,(H2,12,15)(H,14,16)/t9-/m1/s1. The van der Waals surface area contributed by atoms with Crippen molar-refractivity contribution < 1.29 is 9.59 Å². The number of aromatic nitrogens is 1. The maximum Gasteiger partial charge on any atom is 0.252 e. The Kier molecular flexibility index (Phi) is 3.99. The van der Waals surface area contributed by atoms with Crippen LogP contribution in [0.4, 0.5) is 0 Å². The fraction of sp³-hybridized carbons (Fsp3) is 0.364. The van der Waals surface area contributed by atoms with E-state index in [1.54, 1.807) is 12.1 Å². The highest BCUT2D eigenvalue weighted by atomic mass is 16.2. The summed E-state index contributed by atoms with van der Waals surface area (Å²) >= 11 is 0. The molecule has 1 atom stereocenters. The topological polar surface area (TPSA) is 85.1 Å². The van der Waals surface area contributed by atoms with Crippen LogP contribution in [-0.4, -0.2) is 22.8 Å². The summed E-state index contributed by atoms with van der Waals surface area (Å²) < 4.78 is 0. The molecule has 1 aromatic heterocycles. The van der Waals surface area contributed by atoms with E-state index in [-0.39, 0.29) is 11.8 Å². The Bertz CT molecular complexity index is 376. The quantitative estimate of drug-likeness (QED) is 0.767. The molecule has 3 N–H and O–H groups in total. The fourth-order valence-electron chi connectivity index (χ4n) is 1.29. The van der Waals surface area contributed by atoms with Gasteiger partial charge in [0.05, 0.1) is 0 Å². The number of nitrogens with two attached hydrogens (primary N) is 1. The molecule has 0 aliphatic rings. The molecule has 0 unspecified atom stereocenters. The minimum atomic E-state index is -0.652. The third-order valence-electron chi connectivity index (χ3n) is 2.20. The molecule has 0 spiro atoms. The van der Waals surface area contributed by atoms with Gasteiger partial charge in [-0.3, -0.25) is 14.6 Å². The predicted octanol–water partition coefficient (Wildman–Crippen LogP) is 0.321. The van der Waals surface area contributed by atoms with E-state index >= 15 is 0 Å². The lowest BCUT2D eigenvalue weighted by atomic mass is 10.0. The van der Waals surface area contributed by atoms with E-state index in [9.17, 15) is 9.59 Å². The summed E-state index contributed by atoms with van der Waals surface area (Å²) in [6.07, 6.45) is 3.03. The second-order valence-corrected chi connectivity index (χ2v) is 3.83. The lowest BCUT2D eigenvalue weighted by Crippen LogP contribution is -2.47. The summed E-state index contributed by atoms with van der Waals surface area (Å²) in [5, 5.41) is 2.59. The van der Waals surface area contributed by atoms with Gasteiger partial charge < -0.3 is 11.1 Å². The van der Waals surface area contributed by atoms with Gasteiger partial charge in [0.2, 0.25) is 5.91 Å². The van der Waals surface area contributed by atoms with E-state index in [0.29, 0.717) is 5.56 Å². The van der Waals surface area contributed by atoms with Gasteiger partial charge >= 0.3 is 0 Å². The average molecular weight is 221 g/mol. The van der Waals surface area contributed by atoms with Crippen LogP contribution < -0.4 is 11.1 Å². The zero-order chi connectivity index (χ0) is 12.1. The van der Waals surface area contributed by atoms with Gasteiger partial charge in [-0.2, -0.15) is 0 Å². The van der Waals surface area contributed by atoms with Gasteiger partial charge in [-0.1, -0.05) is 13.8 Å². The van der Waals surface area contributed by atoms with Crippen LogP contribution in [0.1, 0.15) is 24.2 Å². The highest BCUT2D eigenvalue weighted by molar-refractivity contribution is 5.97. The largest absolute Gasteiger partial charge is 0.368 e. The first-order valence-electron chi connectivity index (χ1n) is 5.02. The van der Waals surface area contributed by atoms with Crippen molar-refractivity contribution in [1.82, 2.24) is 10.3 Å². The number of carbonyl (C=O) groups excluding carboxylic acids is 2. The first-order chi connectivity index (χ1) is 7.52. The summed E-state index contributed by atoms with van der Waals surface area (Å²) in [4.78, 5) is 26.6. The number of rotatable bonds is 4. The third-order valence-corrected chi connectivity index (χ3v) is 2.20. The number of amides is 2. The van der Waals surface area contributed by atoms with Crippen molar-refractivity contribution in [3.05, 3.63) is 30.1 Å². The molecule has 0 saturated heterocycles. The molecular formula is C11H15N3O2. The summed E-state index contributed by atoms with van der Waals surface area (Å²) in [5.41, 5.74) is 5.66. The van der Waals surface area contributed by atoms with E-state index in [1.807, 2.05) is 13.8 Å². The molecule has 0 aliphatic heterocycles. The Labute approximate surface area is 94.1 Å². The van der Waals surface area contributed by atoms with Gasteiger partial charge in [0.15, 0.2) is 0 Å². The SMILES string of the molecule is CC(C)[C@@H](NC(=O)c1ccncc1)C(N)=O. The summed E-state index contributed by atoms with van der Waals surface area (Å²) in [6, 6.07) is 2.50. The van der Waals surface area contributed by atoms with Crippen molar-refractivity contribution in [2.75, 3.05) is 0 Å². The zero-order valence-corrected chi connectivity index (χ0v) is 9.31. The molecule has 5 heteroatoms. The van der Waals surface area contributed by atoms with E-state index in [2.05, 4.69) is 10.3 Å². The molecule has 0 aromatic carbocycles. The van der Waals surface area contributed by atoms with Crippen LogP contribution in [0.15, 0.2) is 24.5 Å². The lowest BCUT2D eigenvalue weighted by molar-refractivity contribution is -0.120. The first-order valence-corrected chi connectivity index (χ1v) is 5.02. The molecule has 0 aliphatic carbocycles.